The number of hydrogen-bond acceptors (Lipinski definition) is 2. The quantitative estimate of drug-likeness (QED) is 0.773. The van der Waals surface area contributed by atoms with Crippen LogP contribution in [0.25, 0.3) is 0 Å². The van der Waals surface area contributed by atoms with Crippen LogP contribution in [0, 0.1) is 0 Å². The van der Waals surface area contributed by atoms with Crippen LogP contribution in [-0.4, -0.2) is 23.0 Å². The Morgan fingerprint density at radius 1 is 1.29 bits per heavy atom. The molecule has 116 valence electrons. The molecule has 0 saturated heterocycles. The number of carboxylic acids is 1. The molecule has 4 nitrogen and oxygen atoms in total. The molecule has 0 aliphatic carbocycles. The van der Waals surface area contributed by atoms with Crippen molar-refractivity contribution in [2.45, 2.75) is 57.9 Å². The minimum absolute atomic E-state index is 0.0528. The van der Waals surface area contributed by atoms with Crippen molar-refractivity contribution >= 4 is 11.9 Å². The van der Waals surface area contributed by atoms with Gasteiger partial charge in [-0.15, -0.1) is 0 Å². The maximum absolute atomic E-state index is 12.1. The first kappa shape index (κ1) is 17.2. The molecule has 2 N–H and O–H groups in total. The van der Waals surface area contributed by atoms with E-state index in [1.807, 2.05) is 13.0 Å². The van der Waals surface area contributed by atoms with E-state index in [0.717, 1.165) is 19.3 Å². The number of aliphatic carboxylic acids is 1. The third kappa shape index (κ3) is 4.88. The van der Waals surface area contributed by atoms with Crippen LogP contribution in [0.3, 0.4) is 0 Å². The van der Waals surface area contributed by atoms with Gasteiger partial charge in [0.1, 0.15) is 0 Å². The fourth-order valence-corrected chi connectivity index (χ4v) is 2.34. The van der Waals surface area contributed by atoms with Crippen molar-refractivity contribution in [1.29, 1.82) is 0 Å². The van der Waals surface area contributed by atoms with E-state index in [1.54, 1.807) is 31.2 Å². The van der Waals surface area contributed by atoms with Gasteiger partial charge in [-0.05, 0) is 25.8 Å². The molecule has 1 amide bonds. The van der Waals surface area contributed by atoms with E-state index >= 15 is 0 Å². The third-order valence-electron chi connectivity index (χ3n) is 3.80. The maximum atomic E-state index is 12.1. The Balaban J connectivity index is 2.75. The molecule has 2 unspecified atom stereocenters. The normalized spacial score (nSPS) is 15.0. The zero-order valence-electron chi connectivity index (χ0n) is 13.1. The lowest BCUT2D eigenvalue weighted by atomic mass is 9.79. The van der Waals surface area contributed by atoms with Crippen LogP contribution < -0.4 is 5.32 Å². The van der Waals surface area contributed by atoms with Crippen molar-refractivity contribution < 1.29 is 14.7 Å². The van der Waals surface area contributed by atoms with Gasteiger partial charge in [0.2, 0.25) is 5.91 Å². The summed E-state index contributed by atoms with van der Waals surface area (Å²) in [6, 6.07) is 8.99. The van der Waals surface area contributed by atoms with Crippen molar-refractivity contribution in [3.63, 3.8) is 0 Å². The lowest BCUT2D eigenvalue weighted by Gasteiger charge is -2.25. The van der Waals surface area contributed by atoms with Crippen LogP contribution in [0.4, 0.5) is 0 Å². The monoisotopic (exact) mass is 291 g/mol. The van der Waals surface area contributed by atoms with Gasteiger partial charge in [0.05, 0.1) is 5.41 Å². The molecule has 0 fully saturated rings. The van der Waals surface area contributed by atoms with Crippen LogP contribution >= 0.6 is 0 Å². The van der Waals surface area contributed by atoms with E-state index in [0.29, 0.717) is 5.56 Å². The summed E-state index contributed by atoms with van der Waals surface area (Å²) in [6.45, 7) is 5.65. The predicted octanol–water partition coefficient (Wildman–Crippen LogP) is 3.11. The maximum Gasteiger partial charge on any atom is 0.314 e. The Labute approximate surface area is 126 Å². The number of nitrogens with one attached hydrogen (secondary N) is 1. The van der Waals surface area contributed by atoms with E-state index in [-0.39, 0.29) is 18.4 Å². The van der Waals surface area contributed by atoms with Crippen LogP contribution in [-0.2, 0) is 15.0 Å². The third-order valence-corrected chi connectivity index (χ3v) is 3.80. The smallest absolute Gasteiger partial charge is 0.314 e. The number of benzene rings is 1. The molecule has 0 saturated carbocycles. The SMILES string of the molecule is CCCCC(C)NC(=O)CC(C)(C(=O)O)c1ccccc1. The van der Waals surface area contributed by atoms with E-state index in [9.17, 15) is 14.7 Å². The summed E-state index contributed by atoms with van der Waals surface area (Å²) >= 11 is 0. The Bertz CT molecular complexity index is 472. The van der Waals surface area contributed by atoms with E-state index in [4.69, 9.17) is 0 Å². The van der Waals surface area contributed by atoms with Gasteiger partial charge in [-0.3, -0.25) is 9.59 Å². The molecular formula is C17H25NO3. The van der Waals surface area contributed by atoms with Gasteiger partial charge in [0, 0.05) is 12.5 Å². The summed E-state index contributed by atoms with van der Waals surface area (Å²) in [5.74, 6) is -1.20. The second-order valence-electron chi connectivity index (χ2n) is 5.79. The van der Waals surface area contributed by atoms with Crippen molar-refractivity contribution in [3.05, 3.63) is 35.9 Å². The largest absolute Gasteiger partial charge is 0.481 e. The first-order valence-electron chi connectivity index (χ1n) is 7.48. The topological polar surface area (TPSA) is 66.4 Å². The molecule has 1 rings (SSSR count). The summed E-state index contributed by atoms with van der Waals surface area (Å²) in [5.41, 5.74) is -0.551. The fourth-order valence-electron chi connectivity index (χ4n) is 2.34. The minimum Gasteiger partial charge on any atom is -0.481 e. The van der Waals surface area contributed by atoms with Gasteiger partial charge in [-0.2, -0.15) is 0 Å². The second-order valence-corrected chi connectivity index (χ2v) is 5.79. The van der Waals surface area contributed by atoms with Crippen molar-refractivity contribution in [3.8, 4) is 0 Å². The molecule has 2 atom stereocenters. The van der Waals surface area contributed by atoms with E-state index < -0.39 is 11.4 Å². The highest BCUT2D eigenvalue weighted by molar-refractivity contribution is 5.89. The first-order valence-corrected chi connectivity index (χ1v) is 7.48. The van der Waals surface area contributed by atoms with Crippen LogP contribution in [0.2, 0.25) is 0 Å². The zero-order valence-corrected chi connectivity index (χ0v) is 13.1. The molecule has 0 heterocycles. The zero-order chi connectivity index (χ0) is 15.9. The lowest BCUT2D eigenvalue weighted by molar-refractivity contribution is -0.145. The molecule has 0 spiro atoms. The van der Waals surface area contributed by atoms with E-state index in [1.165, 1.54) is 0 Å². The number of carboxylic acid groups (broad SMARTS) is 1. The van der Waals surface area contributed by atoms with E-state index in [2.05, 4.69) is 12.2 Å². The molecule has 0 aliphatic rings. The number of hydrogen-bond donors (Lipinski definition) is 2. The number of rotatable bonds is 8. The number of amides is 1. The average Bonchev–Trinajstić information content (AvgIpc) is 2.45. The molecule has 21 heavy (non-hydrogen) atoms. The molecule has 0 radical (unpaired) electrons. The number of carbonyl (C=O) groups excluding carboxylic acids is 1. The highest BCUT2D eigenvalue weighted by Crippen LogP contribution is 2.28. The Morgan fingerprint density at radius 2 is 1.90 bits per heavy atom. The average molecular weight is 291 g/mol. The summed E-state index contributed by atoms with van der Waals surface area (Å²) in [4.78, 5) is 23.8. The van der Waals surface area contributed by atoms with Crippen molar-refractivity contribution in [2.75, 3.05) is 0 Å². The number of carbonyl (C=O) groups is 2. The van der Waals surface area contributed by atoms with Gasteiger partial charge < -0.3 is 10.4 Å². The summed E-state index contributed by atoms with van der Waals surface area (Å²) in [6.07, 6.45) is 2.99. The van der Waals surface area contributed by atoms with Gasteiger partial charge in [-0.25, -0.2) is 0 Å². The molecule has 1 aromatic carbocycles. The van der Waals surface area contributed by atoms with Gasteiger partial charge in [-0.1, -0.05) is 50.1 Å². The second kappa shape index (κ2) is 7.81. The number of unbranched alkanes of at least 4 members (excludes halogenated alkanes) is 1. The highest BCUT2D eigenvalue weighted by Gasteiger charge is 2.37. The van der Waals surface area contributed by atoms with Crippen LogP contribution in [0.15, 0.2) is 30.3 Å². The summed E-state index contributed by atoms with van der Waals surface area (Å²) < 4.78 is 0. The predicted molar refractivity (Wildman–Crippen MR) is 83.2 cm³/mol. The summed E-state index contributed by atoms with van der Waals surface area (Å²) in [7, 11) is 0. The van der Waals surface area contributed by atoms with Gasteiger partial charge >= 0.3 is 5.97 Å². The molecule has 0 aromatic heterocycles. The standard InChI is InChI=1S/C17H25NO3/c1-4-5-9-13(2)18-15(19)12-17(3,16(20)21)14-10-7-6-8-11-14/h6-8,10-11,13H,4-5,9,12H2,1-3H3,(H,18,19)(H,20,21). The van der Waals surface area contributed by atoms with Gasteiger partial charge in [0.25, 0.3) is 0 Å². The molecule has 0 bridgehead atoms. The van der Waals surface area contributed by atoms with Gasteiger partial charge in [0.15, 0.2) is 0 Å². The molecule has 0 aliphatic heterocycles. The molecule has 4 heteroatoms. The van der Waals surface area contributed by atoms with Crippen LogP contribution in [0.5, 0.6) is 0 Å². The Hall–Kier alpha value is -1.84. The summed E-state index contributed by atoms with van der Waals surface area (Å²) in [5, 5.41) is 12.4. The Kier molecular flexibility index (Phi) is 6.40. The lowest BCUT2D eigenvalue weighted by Crippen LogP contribution is -2.41. The van der Waals surface area contributed by atoms with Crippen molar-refractivity contribution in [2.24, 2.45) is 0 Å². The van der Waals surface area contributed by atoms with Crippen molar-refractivity contribution in [1.82, 2.24) is 5.32 Å². The fraction of sp³-hybridized carbons (Fsp3) is 0.529. The molecule has 1 aromatic rings. The minimum atomic E-state index is -1.20. The Morgan fingerprint density at radius 3 is 2.43 bits per heavy atom. The molecular weight excluding hydrogens is 266 g/mol. The van der Waals surface area contributed by atoms with Crippen LogP contribution in [0.1, 0.15) is 52.0 Å². The highest BCUT2D eigenvalue weighted by atomic mass is 16.4. The first-order chi connectivity index (χ1) is 9.90.